The van der Waals surface area contributed by atoms with Gasteiger partial charge >= 0.3 is 0 Å². The van der Waals surface area contributed by atoms with Gasteiger partial charge < -0.3 is 0 Å². The van der Waals surface area contributed by atoms with E-state index < -0.39 is 10.8 Å². The van der Waals surface area contributed by atoms with Crippen molar-refractivity contribution in [2.45, 2.75) is 17.1 Å². The SMILES string of the molecule is Cc1ccccc1[S@](=O)C(c1ccccc1)c1ccccc1. The molecule has 1 atom stereocenters. The molecule has 0 radical (unpaired) electrons. The monoisotopic (exact) mass is 306 g/mol. The van der Waals surface area contributed by atoms with E-state index in [4.69, 9.17) is 0 Å². The van der Waals surface area contributed by atoms with Gasteiger partial charge in [-0.3, -0.25) is 4.21 Å². The Morgan fingerprint density at radius 3 is 1.64 bits per heavy atom. The first-order valence-electron chi connectivity index (χ1n) is 7.33. The minimum Gasteiger partial charge on any atom is -0.253 e. The number of aryl methyl sites for hydroxylation is 1. The van der Waals surface area contributed by atoms with Crippen LogP contribution in [-0.4, -0.2) is 4.21 Å². The highest BCUT2D eigenvalue weighted by Gasteiger charge is 2.23. The van der Waals surface area contributed by atoms with E-state index in [1.54, 1.807) is 0 Å². The summed E-state index contributed by atoms with van der Waals surface area (Å²) in [7, 11) is -1.13. The summed E-state index contributed by atoms with van der Waals surface area (Å²) in [6, 6.07) is 28.1. The Bertz CT molecular complexity index is 726. The van der Waals surface area contributed by atoms with Gasteiger partial charge in [-0.05, 0) is 29.7 Å². The predicted octanol–water partition coefficient (Wildman–Crippen LogP) is 4.89. The summed E-state index contributed by atoms with van der Waals surface area (Å²) in [5.74, 6) is 0. The fourth-order valence-electron chi connectivity index (χ4n) is 2.60. The number of rotatable bonds is 4. The molecule has 0 unspecified atom stereocenters. The fourth-order valence-corrected chi connectivity index (χ4v) is 4.27. The van der Waals surface area contributed by atoms with Crippen molar-refractivity contribution in [1.29, 1.82) is 0 Å². The second kappa shape index (κ2) is 6.71. The van der Waals surface area contributed by atoms with Gasteiger partial charge in [0.05, 0.1) is 16.0 Å². The van der Waals surface area contributed by atoms with Crippen LogP contribution in [0.15, 0.2) is 89.8 Å². The summed E-state index contributed by atoms with van der Waals surface area (Å²) in [5.41, 5.74) is 3.23. The van der Waals surface area contributed by atoms with Gasteiger partial charge in [-0.25, -0.2) is 0 Å². The lowest BCUT2D eigenvalue weighted by Gasteiger charge is -2.19. The van der Waals surface area contributed by atoms with Crippen molar-refractivity contribution in [1.82, 2.24) is 0 Å². The van der Waals surface area contributed by atoms with Crippen molar-refractivity contribution in [2.24, 2.45) is 0 Å². The second-order valence-electron chi connectivity index (χ2n) is 5.26. The summed E-state index contributed by atoms with van der Waals surface area (Å²) in [6.07, 6.45) is 0. The van der Waals surface area contributed by atoms with Crippen molar-refractivity contribution < 1.29 is 4.21 Å². The molecule has 1 nitrogen and oxygen atoms in total. The van der Waals surface area contributed by atoms with Crippen LogP contribution in [0.1, 0.15) is 21.9 Å². The summed E-state index contributed by atoms with van der Waals surface area (Å²) >= 11 is 0. The number of hydrogen-bond donors (Lipinski definition) is 0. The third-order valence-electron chi connectivity index (χ3n) is 3.73. The smallest absolute Gasteiger partial charge is 0.0893 e. The summed E-state index contributed by atoms with van der Waals surface area (Å²) in [6.45, 7) is 2.01. The van der Waals surface area contributed by atoms with Gasteiger partial charge in [-0.2, -0.15) is 0 Å². The summed E-state index contributed by atoms with van der Waals surface area (Å²) in [4.78, 5) is 0.903. The van der Waals surface area contributed by atoms with Crippen molar-refractivity contribution >= 4 is 10.8 Å². The molecule has 0 spiro atoms. The first kappa shape index (κ1) is 14.7. The molecule has 0 aliphatic carbocycles. The minimum absolute atomic E-state index is 0.150. The summed E-state index contributed by atoms with van der Waals surface area (Å²) in [5, 5.41) is -0.150. The zero-order chi connectivity index (χ0) is 15.4. The van der Waals surface area contributed by atoms with Crippen molar-refractivity contribution in [3.05, 3.63) is 102 Å². The van der Waals surface area contributed by atoms with E-state index in [9.17, 15) is 4.21 Å². The third-order valence-corrected chi connectivity index (χ3v) is 5.59. The molecular weight excluding hydrogens is 288 g/mol. The van der Waals surface area contributed by atoms with E-state index in [0.717, 1.165) is 21.6 Å². The molecule has 2 heteroatoms. The molecule has 0 bridgehead atoms. The lowest BCUT2D eigenvalue weighted by molar-refractivity contribution is 0.677. The van der Waals surface area contributed by atoms with Crippen LogP contribution in [0.2, 0.25) is 0 Å². The molecule has 0 aliphatic rings. The van der Waals surface area contributed by atoms with E-state index in [-0.39, 0.29) is 5.25 Å². The van der Waals surface area contributed by atoms with Gasteiger partial charge in [0.25, 0.3) is 0 Å². The molecule has 0 heterocycles. The first-order valence-corrected chi connectivity index (χ1v) is 8.55. The Labute approximate surface area is 134 Å². The normalized spacial score (nSPS) is 12.3. The van der Waals surface area contributed by atoms with Crippen LogP contribution in [0.5, 0.6) is 0 Å². The molecule has 0 N–H and O–H groups in total. The Morgan fingerprint density at radius 2 is 1.14 bits per heavy atom. The maximum Gasteiger partial charge on any atom is 0.0893 e. The van der Waals surface area contributed by atoms with E-state index in [1.807, 2.05) is 91.9 Å². The van der Waals surface area contributed by atoms with Crippen molar-refractivity contribution in [2.75, 3.05) is 0 Å². The quantitative estimate of drug-likeness (QED) is 0.670. The molecule has 3 aromatic carbocycles. The van der Waals surface area contributed by atoms with E-state index >= 15 is 0 Å². The molecule has 0 amide bonds. The largest absolute Gasteiger partial charge is 0.253 e. The average molecular weight is 306 g/mol. The van der Waals surface area contributed by atoms with E-state index in [2.05, 4.69) is 0 Å². The highest BCUT2D eigenvalue weighted by Crippen LogP contribution is 2.32. The molecule has 0 aromatic heterocycles. The molecule has 0 aliphatic heterocycles. The first-order chi connectivity index (χ1) is 10.8. The van der Waals surface area contributed by atoms with Gasteiger partial charge in [-0.15, -0.1) is 0 Å². The topological polar surface area (TPSA) is 17.1 Å². The Kier molecular flexibility index (Phi) is 4.50. The van der Waals surface area contributed by atoms with Gasteiger partial charge in [0.15, 0.2) is 0 Å². The third kappa shape index (κ3) is 3.02. The van der Waals surface area contributed by atoms with Crippen LogP contribution in [0.4, 0.5) is 0 Å². The van der Waals surface area contributed by atoms with E-state index in [0.29, 0.717) is 0 Å². The standard InChI is InChI=1S/C20H18OS/c1-16-10-8-9-15-19(16)22(21)20(17-11-4-2-5-12-17)18-13-6-3-7-14-18/h2-15,20H,1H3/t22-/m0/s1. The molecule has 0 saturated carbocycles. The second-order valence-corrected chi connectivity index (χ2v) is 6.77. The van der Waals surface area contributed by atoms with Crippen LogP contribution in [-0.2, 0) is 10.8 Å². The van der Waals surface area contributed by atoms with Crippen LogP contribution in [0, 0.1) is 6.92 Å². The Hall–Kier alpha value is -2.19. The molecule has 3 aromatic rings. The van der Waals surface area contributed by atoms with Crippen LogP contribution >= 0.6 is 0 Å². The van der Waals surface area contributed by atoms with Gasteiger partial charge in [0.2, 0.25) is 0 Å². The molecule has 3 rings (SSSR count). The maximum atomic E-state index is 13.3. The van der Waals surface area contributed by atoms with Gasteiger partial charge in [0, 0.05) is 4.90 Å². The minimum atomic E-state index is -1.13. The van der Waals surface area contributed by atoms with Gasteiger partial charge in [0.1, 0.15) is 0 Å². The zero-order valence-corrected chi connectivity index (χ0v) is 13.3. The van der Waals surface area contributed by atoms with Crippen LogP contribution in [0.3, 0.4) is 0 Å². The van der Waals surface area contributed by atoms with Crippen molar-refractivity contribution in [3.8, 4) is 0 Å². The highest BCUT2D eigenvalue weighted by atomic mass is 32.2. The lowest BCUT2D eigenvalue weighted by atomic mass is 10.0. The Balaban J connectivity index is 2.11. The fraction of sp³-hybridized carbons (Fsp3) is 0.100. The molecule has 110 valence electrons. The van der Waals surface area contributed by atoms with Crippen molar-refractivity contribution in [3.63, 3.8) is 0 Å². The summed E-state index contributed by atoms with van der Waals surface area (Å²) < 4.78 is 13.3. The average Bonchev–Trinajstić information content (AvgIpc) is 2.57. The maximum absolute atomic E-state index is 13.3. The van der Waals surface area contributed by atoms with E-state index in [1.165, 1.54) is 0 Å². The molecule has 22 heavy (non-hydrogen) atoms. The van der Waals surface area contributed by atoms with Crippen LogP contribution in [0.25, 0.3) is 0 Å². The lowest BCUT2D eigenvalue weighted by Crippen LogP contribution is -2.10. The molecular formula is C20H18OS. The number of hydrogen-bond acceptors (Lipinski definition) is 1. The van der Waals surface area contributed by atoms with Crippen LogP contribution < -0.4 is 0 Å². The Morgan fingerprint density at radius 1 is 0.682 bits per heavy atom. The zero-order valence-electron chi connectivity index (χ0n) is 12.5. The number of benzene rings is 3. The predicted molar refractivity (Wildman–Crippen MR) is 92.3 cm³/mol. The molecule has 0 saturated heterocycles. The highest BCUT2D eigenvalue weighted by molar-refractivity contribution is 7.85. The van der Waals surface area contributed by atoms with Gasteiger partial charge in [-0.1, -0.05) is 78.9 Å². The molecule has 0 fully saturated rings.